The number of alkyl halides is 2. The van der Waals surface area contributed by atoms with E-state index in [0.29, 0.717) is 24.1 Å². The number of anilines is 2. The SMILES string of the molecule is CC(=O)c1cccc(NC(=O)COC(=O)c2cccc(N3C(=O)[C@@H]4C[C@@H](Cl)[C@@H](Cl)C[C@H]4C3=O)c2)c1. The van der Waals surface area contributed by atoms with E-state index in [1.807, 2.05) is 0 Å². The molecule has 1 N–H and O–H groups in total. The highest BCUT2D eigenvalue weighted by molar-refractivity contribution is 6.31. The summed E-state index contributed by atoms with van der Waals surface area (Å²) >= 11 is 12.4. The summed E-state index contributed by atoms with van der Waals surface area (Å²) in [7, 11) is 0. The second kappa shape index (κ2) is 10.2. The van der Waals surface area contributed by atoms with Gasteiger partial charge < -0.3 is 10.1 Å². The van der Waals surface area contributed by atoms with Crippen LogP contribution in [0.3, 0.4) is 0 Å². The standard InChI is InChI=1S/C25H22Cl2N2O6/c1-13(30)14-4-2-6-16(8-14)28-22(31)12-35-25(34)15-5-3-7-17(9-15)29-23(32)18-10-20(26)21(27)11-19(18)24(29)33/h2-9,18-21H,10-12H2,1H3,(H,28,31)/t18-,19-,20-,21+/m1/s1. The molecule has 0 spiro atoms. The molecule has 2 fully saturated rings. The van der Waals surface area contributed by atoms with E-state index in [4.69, 9.17) is 27.9 Å². The van der Waals surface area contributed by atoms with Gasteiger partial charge in [-0.05, 0) is 50.1 Å². The Morgan fingerprint density at radius 3 is 2.17 bits per heavy atom. The number of imide groups is 1. The zero-order valence-corrected chi connectivity index (χ0v) is 20.2. The van der Waals surface area contributed by atoms with E-state index in [0.717, 1.165) is 4.90 Å². The lowest BCUT2D eigenvalue weighted by Crippen LogP contribution is -2.34. The Morgan fingerprint density at radius 2 is 1.54 bits per heavy atom. The van der Waals surface area contributed by atoms with Crippen LogP contribution >= 0.6 is 23.2 Å². The summed E-state index contributed by atoms with van der Waals surface area (Å²) < 4.78 is 5.09. The van der Waals surface area contributed by atoms with E-state index in [-0.39, 0.29) is 28.8 Å². The summed E-state index contributed by atoms with van der Waals surface area (Å²) in [6.07, 6.45) is 0.626. The lowest BCUT2D eigenvalue weighted by Gasteiger charge is -2.28. The van der Waals surface area contributed by atoms with Gasteiger partial charge in [-0.25, -0.2) is 4.79 Å². The van der Waals surface area contributed by atoms with Crippen LogP contribution in [0, 0.1) is 11.8 Å². The number of benzene rings is 2. The van der Waals surface area contributed by atoms with Gasteiger partial charge in [0.15, 0.2) is 12.4 Å². The minimum Gasteiger partial charge on any atom is -0.452 e. The molecule has 1 saturated carbocycles. The molecule has 4 rings (SSSR count). The van der Waals surface area contributed by atoms with E-state index in [2.05, 4.69) is 5.32 Å². The molecule has 2 aromatic carbocycles. The van der Waals surface area contributed by atoms with Gasteiger partial charge in [-0.15, -0.1) is 23.2 Å². The highest BCUT2D eigenvalue weighted by atomic mass is 35.5. The Bertz CT molecular complexity index is 1190. The summed E-state index contributed by atoms with van der Waals surface area (Å²) in [5.74, 6) is -3.35. The van der Waals surface area contributed by atoms with Crippen molar-refractivity contribution in [2.75, 3.05) is 16.8 Å². The maximum absolute atomic E-state index is 13.0. The van der Waals surface area contributed by atoms with Crippen molar-refractivity contribution in [3.8, 4) is 0 Å². The summed E-state index contributed by atoms with van der Waals surface area (Å²) in [6, 6.07) is 12.3. The molecule has 182 valence electrons. The van der Waals surface area contributed by atoms with Crippen molar-refractivity contribution in [3.05, 3.63) is 59.7 Å². The molecule has 0 radical (unpaired) electrons. The van der Waals surface area contributed by atoms with Crippen molar-refractivity contribution >= 4 is 64.1 Å². The average Bonchev–Trinajstić information content (AvgIpc) is 3.07. The average molecular weight is 517 g/mol. The van der Waals surface area contributed by atoms with Crippen molar-refractivity contribution in [2.45, 2.75) is 30.5 Å². The van der Waals surface area contributed by atoms with Gasteiger partial charge in [-0.1, -0.05) is 18.2 Å². The van der Waals surface area contributed by atoms with Gasteiger partial charge in [0, 0.05) is 11.3 Å². The van der Waals surface area contributed by atoms with Crippen LogP contribution in [0.4, 0.5) is 11.4 Å². The Kier molecular flexibility index (Phi) is 7.23. The van der Waals surface area contributed by atoms with Gasteiger partial charge in [-0.3, -0.25) is 24.1 Å². The smallest absolute Gasteiger partial charge is 0.338 e. The quantitative estimate of drug-likeness (QED) is 0.270. The number of amides is 3. The van der Waals surface area contributed by atoms with Gasteiger partial charge in [0.25, 0.3) is 5.91 Å². The zero-order chi connectivity index (χ0) is 25.3. The molecular weight excluding hydrogens is 495 g/mol. The summed E-state index contributed by atoms with van der Waals surface area (Å²) in [6.45, 7) is 0.852. The molecule has 0 unspecified atom stereocenters. The maximum atomic E-state index is 13.0. The fourth-order valence-electron chi connectivity index (χ4n) is 4.35. The van der Waals surface area contributed by atoms with Crippen molar-refractivity contribution in [1.29, 1.82) is 0 Å². The molecular formula is C25H22Cl2N2O6. The molecule has 1 heterocycles. The Labute approximate surface area is 211 Å². The van der Waals surface area contributed by atoms with Gasteiger partial charge in [0.1, 0.15) is 0 Å². The van der Waals surface area contributed by atoms with E-state index in [1.165, 1.54) is 31.2 Å². The number of ether oxygens (including phenoxy) is 1. The number of nitrogens with one attached hydrogen (secondary N) is 1. The van der Waals surface area contributed by atoms with E-state index in [9.17, 15) is 24.0 Å². The number of ketones is 1. The number of carbonyl (C=O) groups excluding carboxylic acids is 5. The molecule has 35 heavy (non-hydrogen) atoms. The predicted molar refractivity (Wildman–Crippen MR) is 130 cm³/mol. The second-order valence-corrected chi connectivity index (χ2v) is 9.66. The molecule has 1 saturated heterocycles. The molecule has 2 aliphatic rings. The van der Waals surface area contributed by atoms with Gasteiger partial charge in [-0.2, -0.15) is 0 Å². The molecule has 4 atom stereocenters. The number of Topliss-reactive ketones (excluding diaryl/α,β-unsaturated/α-hetero) is 1. The number of halogens is 2. The van der Waals surface area contributed by atoms with Crippen LogP contribution in [0.1, 0.15) is 40.5 Å². The van der Waals surface area contributed by atoms with Crippen LogP contribution in [0.2, 0.25) is 0 Å². The van der Waals surface area contributed by atoms with Crippen molar-refractivity contribution in [1.82, 2.24) is 0 Å². The van der Waals surface area contributed by atoms with E-state index < -0.39 is 41.1 Å². The molecule has 3 amide bonds. The predicted octanol–water partition coefficient (Wildman–Crippen LogP) is 3.80. The normalized spacial score (nSPS) is 23.6. The monoisotopic (exact) mass is 516 g/mol. The molecule has 0 bridgehead atoms. The van der Waals surface area contributed by atoms with Gasteiger partial charge in [0.05, 0.1) is 33.8 Å². The molecule has 10 heteroatoms. The molecule has 1 aliphatic heterocycles. The number of hydrogen-bond donors (Lipinski definition) is 1. The van der Waals surface area contributed by atoms with Crippen molar-refractivity contribution in [3.63, 3.8) is 0 Å². The third-order valence-electron chi connectivity index (χ3n) is 6.14. The first-order valence-electron chi connectivity index (χ1n) is 11.0. The number of rotatable bonds is 6. The van der Waals surface area contributed by atoms with Crippen LogP contribution < -0.4 is 10.2 Å². The molecule has 2 aromatic rings. The fourth-order valence-corrected chi connectivity index (χ4v) is 4.94. The first-order chi connectivity index (χ1) is 16.7. The lowest BCUT2D eigenvalue weighted by molar-refractivity contribution is -0.122. The first kappa shape index (κ1) is 24.9. The van der Waals surface area contributed by atoms with Gasteiger partial charge >= 0.3 is 5.97 Å². The minimum atomic E-state index is -0.794. The third kappa shape index (κ3) is 5.23. The third-order valence-corrected chi connectivity index (χ3v) is 7.23. The van der Waals surface area contributed by atoms with Gasteiger partial charge in [0.2, 0.25) is 11.8 Å². The van der Waals surface area contributed by atoms with Crippen LogP contribution in [-0.4, -0.2) is 46.8 Å². The number of esters is 1. The molecule has 0 aromatic heterocycles. The highest BCUT2D eigenvalue weighted by Gasteiger charge is 2.52. The summed E-state index contributed by atoms with van der Waals surface area (Å²) in [5.41, 5.74) is 1.15. The Morgan fingerprint density at radius 1 is 0.943 bits per heavy atom. The Hall–Kier alpha value is -3.23. The Balaban J connectivity index is 1.41. The van der Waals surface area contributed by atoms with Crippen LogP contribution in [-0.2, 0) is 19.1 Å². The topological polar surface area (TPSA) is 110 Å². The number of fused-ring (bicyclic) bond motifs is 1. The minimum absolute atomic E-state index is 0.0785. The van der Waals surface area contributed by atoms with E-state index >= 15 is 0 Å². The highest BCUT2D eigenvalue weighted by Crippen LogP contribution is 2.43. The molecule has 1 aliphatic carbocycles. The maximum Gasteiger partial charge on any atom is 0.338 e. The first-order valence-corrected chi connectivity index (χ1v) is 11.9. The fraction of sp³-hybridized carbons (Fsp3) is 0.320. The van der Waals surface area contributed by atoms with Crippen LogP contribution in [0.15, 0.2) is 48.5 Å². The largest absolute Gasteiger partial charge is 0.452 e. The van der Waals surface area contributed by atoms with Crippen LogP contribution in [0.25, 0.3) is 0 Å². The van der Waals surface area contributed by atoms with Crippen LogP contribution in [0.5, 0.6) is 0 Å². The number of carbonyl (C=O) groups is 5. The summed E-state index contributed by atoms with van der Waals surface area (Å²) in [5, 5.41) is 1.77. The van der Waals surface area contributed by atoms with E-state index in [1.54, 1.807) is 24.3 Å². The zero-order valence-electron chi connectivity index (χ0n) is 18.7. The molecule has 8 nitrogen and oxygen atoms in total. The van der Waals surface area contributed by atoms with Crippen molar-refractivity contribution < 1.29 is 28.7 Å². The lowest BCUT2D eigenvalue weighted by atomic mass is 9.80. The second-order valence-electron chi connectivity index (χ2n) is 8.54. The number of nitrogens with zero attached hydrogens (tertiary/aromatic N) is 1. The van der Waals surface area contributed by atoms with Crippen molar-refractivity contribution in [2.24, 2.45) is 11.8 Å². The summed E-state index contributed by atoms with van der Waals surface area (Å²) in [4.78, 5) is 63.2. The number of hydrogen-bond acceptors (Lipinski definition) is 6.